The Hall–Kier alpha value is -2.81. The molecule has 1 aromatic carbocycles. The highest BCUT2D eigenvalue weighted by Crippen LogP contribution is 2.10. The van der Waals surface area contributed by atoms with Crippen LogP contribution in [0.15, 0.2) is 30.6 Å². The molecule has 0 unspecified atom stereocenters. The van der Waals surface area contributed by atoms with Crippen molar-refractivity contribution in [3.63, 3.8) is 0 Å². The predicted molar refractivity (Wildman–Crippen MR) is 78.9 cm³/mol. The molecule has 0 radical (unpaired) electrons. The maximum absolute atomic E-state index is 12.0. The molecule has 0 fully saturated rings. The lowest BCUT2D eigenvalue weighted by atomic mass is 10.2. The molecule has 2 aromatic rings. The first-order chi connectivity index (χ1) is 11.1. The second-order valence-corrected chi connectivity index (χ2v) is 4.63. The highest BCUT2D eigenvalue weighted by Gasteiger charge is 2.18. The molecule has 0 saturated heterocycles. The van der Waals surface area contributed by atoms with Gasteiger partial charge in [-0.05, 0) is 41.6 Å². The predicted octanol–water partition coefficient (Wildman–Crippen LogP) is -0.0298. The van der Waals surface area contributed by atoms with Crippen LogP contribution < -0.4 is 5.32 Å². The molecule has 1 amide bonds. The SMILES string of the molecule is COCCNC(=O)[C@H](C)OC(=O)c1ccc(-n2cnnn2)cc1. The van der Waals surface area contributed by atoms with Crippen LogP contribution >= 0.6 is 0 Å². The van der Waals surface area contributed by atoms with Gasteiger partial charge in [0.2, 0.25) is 0 Å². The molecule has 0 bridgehead atoms. The van der Waals surface area contributed by atoms with Crippen molar-refractivity contribution in [1.82, 2.24) is 25.5 Å². The molecule has 0 aliphatic carbocycles. The van der Waals surface area contributed by atoms with Crippen molar-refractivity contribution in [2.24, 2.45) is 0 Å². The third-order valence-electron chi connectivity index (χ3n) is 2.98. The number of tetrazole rings is 1. The van der Waals surface area contributed by atoms with Crippen LogP contribution in [0, 0.1) is 0 Å². The number of rotatable bonds is 7. The van der Waals surface area contributed by atoms with E-state index in [4.69, 9.17) is 9.47 Å². The minimum absolute atomic E-state index is 0.332. The number of hydrogen-bond donors (Lipinski definition) is 1. The summed E-state index contributed by atoms with van der Waals surface area (Å²) in [5.74, 6) is -0.955. The Morgan fingerprint density at radius 2 is 2.04 bits per heavy atom. The summed E-state index contributed by atoms with van der Waals surface area (Å²) in [6.07, 6.45) is 0.554. The number of ether oxygens (including phenoxy) is 2. The fourth-order valence-corrected chi connectivity index (χ4v) is 1.73. The highest BCUT2D eigenvalue weighted by atomic mass is 16.5. The Morgan fingerprint density at radius 1 is 1.30 bits per heavy atom. The number of hydrogen-bond acceptors (Lipinski definition) is 7. The fourth-order valence-electron chi connectivity index (χ4n) is 1.73. The summed E-state index contributed by atoms with van der Waals surface area (Å²) in [4.78, 5) is 23.7. The number of carbonyl (C=O) groups excluding carboxylic acids is 2. The van der Waals surface area contributed by atoms with Gasteiger partial charge in [0.05, 0.1) is 17.9 Å². The van der Waals surface area contributed by atoms with E-state index in [-0.39, 0.29) is 5.91 Å². The second-order valence-electron chi connectivity index (χ2n) is 4.63. The summed E-state index contributed by atoms with van der Waals surface area (Å²) in [5, 5.41) is 13.4. The van der Waals surface area contributed by atoms with Crippen LogP contribution in [-0.2, 0) is 14.3 Å². The van der Waals surface area contributed by atoms with Crippen LogP contribution in [0.3, 0.4) is 0 Å². The average molecular weight is 319 g/mol. The molecule has 23 heavy (non-hydrogen) atoms. The normalized spacial score (nSPS) is 11.7. The van der Waals surface area contributed by atoms with Gasteiger partial charge in [-0.2, -0.15) is 0 Å². The summed E-state index contributed by atoms with van der Waals surface area (Å²) in [7, 11) is 1.54. The lowest BCUT2D eigenvalue weighted by molar-refractivity contribution is -0.129. The highest BCUT2D eigenvalue weighted by molar-refractivity contribution is 5.92. The molecular formula is C14H17N5O4. The molecule has 0 aliphatic heterocycles. The smallest absolute Gasteiger partial charge is 0.338 e. The van der Waals surface area contributed by atoms with Crippen molar-refractivity contribution < 1.29 is 19.1 Å². The van der Waals surface area contributed by atoms with Crippen molar-refractivity contribution in [3.8, 4) is 5.69 Å². The first kappa shape index (κ1) is 16.6. The molecule has 9 heteroatoms. The molecule has 2 rings (SSSR count). The Labute approximate surface area is 132 Å². The standard InChI is InChI=1S/C14H17N5O4/c1-10(13(20)15-7-8-22-2)23-14(21)11-3-5-12(6-4-11)19-9-16-17-18-19/h3-6,9-10H,7-8H2,1-2H3,(H,15,20)/t10-/m0/s1. The fraction of sp³-hybridized carbons (Fsp3) is 0.357. The molecule has 1 N–H and O–H groups in total. The van der Waals surface area contributed by atoms with E-state index in [1.54, 1.807) is 24.3 Å². The van der Waals surface area contributed by atoms with Crippen LogP contribution in [-0.4, -0.2) is 58.4 Å². The van der Waals surface area contributed by atoms with Crippen LogP contribution in [0.25, 0.3) is 5.69 Å². The van der Waals surface area contributed by atoms with Crippen molar-refractivity contribution in [2.45, 2.75) is 13.0 Å². The van der Waals surface area contributed by atoms with Crippen LogP contribution in [0.1, 0.15) is 17.3 Å². The number of nitrogens with one attached hydrogen (secondary N) is 1. The first-order valence-corrected chi connectivity index (χ1v) is 6.93. The summed E-state index contributed by atoms with van der Waals surface area (Å²) in [5.41, 5.74) is 1.04. The first-order valence-electron chi connectivity index (χ1n) is 6.93. The lowest BCUT2D eigenvalue weighted by Gasteiger charge is -2.13. The van der Waals surface area contributed by atoms with Crippen LogP contribution in [0.2, 0.25) is 0 Å². The minimum Gasteiger partial charge on any atom is -0.449 e. The number of amides is 1. The Balaban J connectivity index is 1.91. The van der Waals surface area contributed by atoms with Crippen molar-refractivity contribution in [1.29, 1.82) is 0 Å². The van der Waals surface area contributed by atoms with Crippen molar-refractivity contribution in [3.05, 3.63) is 36.2 Å². The largest absolute Gasteiger partial charge is 0.449 e. The summed E-state index contributed by atoms with van der Waals surface area (Å²) in [6.45, 7) is 2.26. The summed E-state index contributed by atoms with van der Waals surface area (Å²) in [6, 6.07) is 6.51. The van der Waals surface area contributed by atoms with Crippen LogP contribution in [0.5, 0.6) is 0 Å². The number of benzene rings is 1. The molecule has 1 atom stereocenters. The maximum Gasteiger partial charge on any atom is 0.338 e. The topological polar surface area (TPSA) is 108 Å². The van der Waals surface area contributed by atoms with E-state index in [1.165, 1.54) is 25.0 Å². The number of aromatic nitrogens is 4. The molecule has 1 heterocycles. The molecule has 0 spiro atoms. The number of nitrogens with zero attached hydrogens (tertiary/aromatic N) is 4. The van der Waals surface area contributed by atoms with E-state index in [2.05, 4.69) is 20.8 Å². The summed E-state index contributed by atoms with van der Waals surface area (Å²) < 4.78 is 11.4. The third kappa shape index (κ3) is 4.58. The van der Waals surface area contributed by atoms with Crippen LogP contribution in [0.4, 0.5) is 0 Å². The summed E-state index contributed by atoms with van der Waals surface area (Å²) >= 11 is 0. The van der Waals surface area contributed by atoms with Gasteiger partial charge in [0, 0.05) is 13.7 Å². The van der Waals surface area contributed by atoms with Gasteiger partial charge < -0.3 is 14.8 Å². The Bertz CT molecular complexity index is 642. The van der Waals surface area contributed by atoms with E-state index >= 15 is 0 Å². The van der Waals surface area contributed by atoms with Gasteiger partial charge in [-0.15, -0.1) is 5.10 Å². The zero-order valence-corrected chi connectivity index (χ0v) is 12.8. The third-order valence-corrected chi connectivity index (χ3v) is 2.98. The van der Waals surface area contributed by atoms with Gasteiger partial charge in [-0.25, -0.2) is 9.48 Å². The maximum atomic E-state index is 12.0. The van der Waals surface area contributed by atoms with Gasteiger partial charge in [-0.1, -0.05) is 0 Å². The Morgan fingerprint density at radius 3 is 2.65 bits per heavy atom. The molecule has 0 saturated carbocycles. The number of carbonyl (C=O) groups is 2. The number of methoxy groups -OCH3 is 1. The lowest BCUT2D eigenvalue weighted by Crippen LogP contribution is -2.37. The Kier molecular flexibility index (Phi) is 5.75. The monoisotopic (exact) mass is 319 g/mol. The van der Waals surface area contributed by atoms with Gasteiger partial charge in [-0.3, -0.25) is 4.79 Å². The zero-order valence-electron chi connectivity index (χ0n) is 12.8. The second kappa shape index (κ2) is 7.99. The minimum atomic E-state index is -0.890. The van der Waals surface area contributed by atoms with Gasteiger partial charge in [0.25, 0.3) is 5.91 Å². The zero-order chi connectivity index (χ0) is 16.7. The van der Waals surface area contributed by atoms with E-state index < -0.39 is 12.1 Å². The molecule has 0 aliphatic rings. The van der Waals surface area contributed by atoms with Gasteiger partial charge >= 0.3 is 5.97 Å². The quantitative estimate of drug-likeness (QED) is 0.564. The van der Waals surface area contributed by atoms with E-state index in [0.717, 1.165) is 0 Å². The molecule has 1 aromatic heterocycles. The van der Waals surface area contributed by atoms with E-state index in [9.17, 15) is 9.59 Å². The van der Waals surface area contributed by atoms with Crippen molar-refractivity contribution in [2.75, 3.05) is 20.3 Å². The van der Waals surface area contributed by atoms with Gasteiger partial charge in [0.15, 0.2) is 6.10 Å². The molecular weight excluding hydrogens is 302 g/mol. The van der Waals surface area contributed by atoms with E-state index in [0.29, 0.717) is 24.4 Å². The van der Waals surface area contributed by atoms with Gasteiger partial charge in [0.1, 0.15) is 6.33 Å². The molecule has 9 nitrogen and oxygen atoms in total. The number of esters is 1. The van der Waals surface area contributed by atoms with Crippen molar-refractivity contribution >= 4 is 11.9 Å². The average Bonchev–Trinajstić information content (AvgIpc) is 3.09. The van der Waals surface area contributed by atoms with E-state index in [1.807, 2.05) is 0 Å². The molecule has 122 valence electrons.